The van der Waals surface area contributed by atoms with Gasteiger partial charge in [-0.1, -0.05) is 6.07 Å². The van der Waals surface area contributed by atoms with Crippen molar-refractivity contribution in [1.29, 1.82) is 5.26 Å². The number of nitrogens with one attached hydrogen (secondary N) is 1. The number of benzene rings is 2. The number of piperazine rings is 1. The van der Waals surface area contributed by atoms with Crippen LogP contribution in [0.25, 0.3) is 0 Å². The van der Waals surface area contributed by atoms with E-state index in [2.05, 4.69) is 34.3 Å². The Balaban J connectivity index is 1.60. The number of phenolic OH excluding ortho intramolecular Hbond substituents is 1. The Morgan fingerprint density at radius 2 is 1.93 bits per heavy atom. The number of hydrogen-bond acceptors (Lipinski definition) is 10. The molecule has 0 aromatic heterocycles. The van der Waals surface area contributed by atoms with E-state index >= 15 is 0 Å². The van der Waals surface area contributed by atoms with Crippen molar-refractivity contribution in [2.75, 3.05) is 41.4 Å². The molecule has 41 heavy (non-hydrogen) atoms. The van der Waals surface area contributed by atoms with Crippen LogP contribution in [0.5, 0.6) is 28.7 Å². The van der Waals surface area contributed by atoms with Gasteiger partial charge in [0.05, 0.1) is 25.3 Å². The number of ether oxygens (including phenoxy) is 5. The molecule has 1 amide bonds. The van der Waals surface area contributed by atoms with Crippen molar-refractivity contribution < 1.29 is 33.6 Å². The number of nitrogens with zero attached hydrogens (tertiary/aromatic N) is 3. The Bertz CT molecular complexity index is 1450. The smallest absolute Gasteiger partial charge is 0.231 e. The molecule has 11 heteroatoms. The Morgan fingerprint density at radius 1 is 1.17 bits per heavy atom. The van der Waals surface area contributed by atoms with Gasteiger partial charge in [0.1, 0.15) is 11.8 Å². The zero-order valence-corrected chi connectivity index (χ0v) is 24.2. The molecule has 4 heterocycles. The number of rotatable bonds is 6. The lowest BCUT2D eigenvalue weighted by Crippen LogP contribution is -2.68. The van der Waals surface area contributed by atoms with E-state index in [4.69, 9.17) is 23.7 Å². The van der Waals surface area contributed by atoms with E-state index in [9.17, 15) is 15.2 Å². The highest BCUT2D eigenvalue weighted by Crippen LogP contribution is 2.58. The lowest BCUT2D eigenvalue weighted by molar-refractivity contribution is -0.120. The first kappa shape index (κ1) is 27.4. The molecule has 1 saturated heterocycles. The number of carbonyl (C=O) groups excluding carboxylic acids is 1. The third-order valence-electron chi connectivity index (χ3n) is 9.14. The van der Waals surface area contributed by atoms with Crippen LogP contribution >= 0.6 is 0 Å². The number of likely N-dealkylation sites (N-methyl/N-ethyl adjacent to an activating group) is 1. The van der Waals surface area contributed by atoms with Gasteiger partial charge in [0.15, 0.2) is 29.8 Å². The van der Waals surface area contributed by atoms with Crippen LogP contribution in [0.3, 0.4) is 0 Å². The second-order valence-electron chi connectivity index (χ2n) is 11.2. The standard InChI is InChI=1S/C30H36N4O7/c1-14-7-17-8-19-21(10-31)34-20(25(33(19)4)23(17)29(27(14)38-6)39-12-37-5)9-18-24(22(34)11-32-16(3)35)30-28(40-13-41-30)15(2)26(18)36/h7,19-22,25,36H,8-9,11-13H2,1-6H3,(H,32,35)/t19?,20?,21-,22-,25-/m0/s1. The predicted octanol–water partition coefficient (Wildman–Crippen LogP) is 2.64. The van der Waals surface area contributed by atoms with E-state index in [0.717, 1.165) is 27.8 Å². The van der Waals surface area contributed by atoms with Gasteiger partial charge in [-0.2, -0.15) is 5.26 Å². The van der Waals surface area contributed by atoms with E-state index in [1.54, 1.807) is 14.2 Å². The normalized spacial score (nSPS) is 25.9. The van der Waals surface area contributed by atoms with Gasteiger partial charge >= 0.3 is 0 Å². The maximum absolute atomic E-state index is 12.2. The van der Waals surface area contributed by atoms with Crippen molar-refractivity contribution in [3.05, 3.63) is 39.4 Å². The zero-order chi connectivity index (χ0) is 29.2. The summed E-state index contributed by atoms with van der Waals surface area (Å²) in [4.78, 5) is 16.7. The summed E-state index contributed by atoms with van der Waals surface area (Å²) in [7, 11) is 5.26. The largest absolute Gasteiger partial charge is 0.507 e. The second kappa shape index (κ2) is 10.3. The summed E-state index contributed by atoms with van der Waals surface area (Å²) in [5.41, 5.74) is 5.19. The van der Waals surface area contributed by atoms with Crippen molar-refractivity contribution >= 4 is 5.91 Å². The molecule has 0 spiro atoms. The van der Waals surface area contributed by atoms with Crippen LogP contribution in [0.4, 0.5) is 0 Å². The van der Waals surface area contributed by atoms with Gasteiger partial charge in [0.25, 0.3) is 0 Å². The van der Waals surface area contributed by atoms with Crippen LogP contribution in [0, 0.1) is 25.2 Å². The van der Waals surface area contributed by atoms with Gasteiger partial charge in [0, 0.05) is 54.9 Å². The maximum Gasteiger partial charge on any atom is 0.231 e. The van der Waals surface area contributed by atoms with Crippen molar-refractivity contribution in [2.45, 2.75) is 63.8 Å². The number of nitriles is 1. The van der Waals surface area contributed by atoms with E-state index in [-0.39, 0.29) is 49.9 Å². The molecule has 0 radical (unpaired) electrons. The number of aromatic hydroxyl groups is 1. The van der Waals surface area contributed by atoms with Crippen LogP contribution in [0.1, 0.15) is 52.4 Å². The topological polar surface area (TPSA) is 126 Å². The van der Waals surface area contributed by atoms with Gasteiger partial charge in [0.2, 0.25) is 12.7 Å². The van der Waals surface area contributed by atoms with Crippen molar-refractivity contribution in [2.24, 2.45) is 0 Å². The predicted molar refractivity (Wildman–Crippen MR) is 147 cm³/mol. The fraction of sp³-hybridized carbons (Fsp3) is 0.533. The molecule has 2 unspecified atom stereocenters. The molecule has 2 N–H and O–H groups in total. The van der Waals surface area contributed by atoms with Gasteiger partial charge in [-0.15, -0.1) is 0 Å². The minimum atomic E-state index is -0.492. The first-order valence-corrected chi connectivity index (χ1v) is 13.8. The SMILES string of the molecule is COCOc1c(OC)c(C)cc2c1[C@@H]1C3Cc4c(O)c(C)c5c(c4[C@H](CNC(C)=O)N3[C@@H](C#N)C(C2)N1C)OCO5. The average molecular weight is 565 g/mol. The molecule has 2 aromatic carbocycles. The maximum atomic E-state index is 12.2. The number of methoxy groups -OCH3 is 2. The number of aryl methyl sites for hydroxylation is 1. The molecule has 218 valence electrons. The summed E-state index contributed by atoms with van der Waals surface area (Å²) in [5.74, 6) is 2.34. The molecule has 6 rings (SSSR count). The Kier molecular flexibility index (Phi) is 6.88. The van der Waals surface area contributed by atoms with Crippen LogP contribution in [-0.4, -0.2) is 80.3 Å². The number of amides is 1. The third-order valence-corrected chi connectivity index (χ3v) is 9.14. The van der Waals surface area contributed by atoms with Crippen LogP contribution in [0.2, 0.25) is 0 Å². The third kappa shape index (κ3) is 4.00. The molecular weight excluding hydrogens is 528 g/mol. The summed E-state index contributed by atoms with van der Waals surface area (Å²) in [6.07, 6.45) is 1.09. The molecule has 4 aliphatic rings. The fourth-order valence-electron chi connectivity index (χ4n) is 7.52. The van der Waals surface area contributed by atoms with Crippen LogP contribution < -0.4 is 24.3 Å². The summed E-state index contributed by atoms with van der Waals surface area (Å²) < 4.78 is 29.1. The van der Waals surface area contributed by atoms with Crippen molar-refractivity contribution in [3.63, 3.8) is 0 Å². The fourth-order valence-corrected chi connectivity index (χ4v) is 7.52. The summed E-state index contributed by atoms with van der Waals surface area (Å²) in [5, 5.41) is 25.2. The lowest BCUT2D eigenvalue weighted by atomic mass is 9.71. The highest BCUT2D eigenvalue weighted by Gasteiger charge is 2.56. The first-order valence-electron chi connectivity index (χ1n) is 13.8. The zero-order valence-electron chi connectivity index (χ0n) is 24.2. The summed E-state index contributed by atoms with van der Waals surface area (Å²) >= 11 is 0. The van der Waals surface area contributed by atoms with E-state index in [1.165, 1.54) is 6.92 Å². The number of fused-ring (bicyclic) bond motifs is 9. The van der Waals surface area contributed by atoms with Crippen molar-refractivity contribution in [3.8, 4) is 34.8 Å². The van der Waals surface area contributed by atoms with Crippen LogP contribution in [0.15, 0.2) is 6.07 Å². The Labute approximate surface area is 239 Å². The highest BCUT2D eigenvalue weighted by atomic mass is 16.7. The van der Waals surface area contributed by atoms with E-state index in [1.807, 2.05) is 13.8 Å². The molecule has 5 atom stereocenters. The van der Waals surface area contributed by atoms with Crippen LogP contribution in [-0.2, 0) is 22.4 Å². The van der Waals surface area contributed by atoms with E-state index in [0.29, 0.717) is 41.4 Å². The molecule has 2 aromatic rings. The number of carbonyl (C=O) groups is 1. The second-order valence-corrected chi connectivity index (χ2v) is 11.2. The van der Waals surface area contributed by atoms with Gasteiger partial charge in [-0.25, -0.2) is 0 Å². The molecule has 11 nitrogen and oxygen atoms in total. The molecule has 4 aliphatic heterocycles. The minimum Gasteiger partial charge on any atom is -0.507 e. The summed E-state index contributed by atoms with van der Waals surface area (Å²) in [6, 6.07) is 3.25. The molecule has 1 fully saturated rings. The highest BCUT2D eigenvalue weighted by molar-refractivity contribution is 5.73. The Hall–Kier alpha value is -3.72. The first-order chi connectivity index (χ1) is 19.7. The van der Waals surface area contributed by atoms with E-state index < -0.39 is 12.1 Å². The molecule has 0 aliphatic carbocycles. The summed E-state index contributed by atoms with van der Waals surface area (Å²) in [6.45, 7) is 5.63. The quantitative estimate of drug-likeness (QED) is 0.506. The average Bonchev–Trinajstić information content (AvgIpc) is 3.43. The van der Waals surface area contributed by atoms with Gasteiger partial charge in [-0.05, 0) is 44.9 Å². The number of phenols is 1. The molecular formula is C30H36N4O7. The molecule has 2 bridgehead atoms. The minimum absolute atomic E-state index is 0.0464. The van der Waals surface area contributed by atoms with Crippen molar-refractivity contribution in [1.82, 2.24) is 15.1 Å². The Morgan fingerprint density at radius 3 is 2.61 bits per heavy atom. The van der Waals surface area contributed by atoms with Gasteiger partial charge in [-0.3, -0.25) is 14.6 Å². The lowest BCUT2D eigenvalue weighted by Gasteiger charge is -2.60. The van der Waals surface area contributed by atoms with Gasteiger partial charge < -0.3 is 34.1 Å². The monoisotopic (exact) mass is 564 g/mol. The molecule has 0 saturated carbocycles. The number of hydrogen-bond donors (Lipinski definition) is 2.